The molecule has 2 aromatic rings. The van der Waals surface area contributed by atoms with E-state index in [1.165, 1.54) is 0 Å². The first-order valence-corrected chi connectivity index (χ1v) is 8.25. The Kier molecular flexibility index (Phi) is 5.20. The SMILES string of the molecule is O=C(NC[C@@H]1C[C@H](S)CN1)c1cccc(Oc2ccccc2)c1. The lowest BCUT2D eigenvalue weighted by Crippen LogP contribution is -2.37. The van der Waals surface area contributed by atoms with Gasteiger partial charge in [-0.15, -0.1) is 0 Å². The Labute approximate surface area is 141 Å². The van der Waals surface area contributed by atoms with Crippen molar-refractivity contribution < 1.29 is 9.53 Å². The molecule has 1 fully saturated rings. The van der Waals surface area contributed by atoms with E-state index in [1.54, 1.807) is 12.1 Å². The molecule has 4 nitrogen and oxygen atoms in total. The maximum Gasteiger partial charge on any atom is 0.251 e. The van der Waals surface area contributed by atoms with Crippen molar-refractivity contribution in [1.29, 1.82) is 0 Å². The molecule has 2 atom stereocenters. The van der Waals surface area contributed by atoms with E-state index in [9.17, 15) is 4.79 Å². The minimum Gasteiger partial charge on any atom is -0.457 e. The summed E-state index contributed by atoms with van der Waals surface area (Å²) >= 11 is 4.44. The number of hydrogen-bond acceptors (Lipinski definition) is 4. The molecule has 1 heterocycles. The van der Waals surface area contributed by atoms with Crippen LogP contribution in [-0.4, -0.2) is 30.3 Å². The van der Waals surface area contributed by atoms with E-state index in [1.807, 2.05) is 42.5 Å². The third-order valence-corrected chi connectivity index (χ3v) is 4.18. The number of amides is 1. The Bertz CT molecular complexity index is 663. The first kappa shape index (κ1) is 15.9. The van der Waals surface area contributed by atoms with E-state index < -0.39 is 0 Å². The number of nitrogens with one attached hydrogen (secondary N) is 2. The molecular formula is C18H20N2O2S. The molecule has 0 aromatic heterocycles. The molecule has 1 aliphatic rings. The van der Waals surface area contributed by atoms with Crippen molar-refractivity contribution in [3.05, 3.63) is 60.2 Å². The van der Waals surface area contributed by atoms with Crippen LogP contribution in [-0.2, 0) is 0 Å². The summed E-state index contributed by atoms with van der Waals surface area (Å²) < 4.78 is 5.76. The molecular weight excluding hydrogens is 308 g/mol. The quantitative estimate of drug-likeness (QED) is 0.740. The Balaban J connectivity index is 1.59. The van der Waals surface area contributed by atoms with Crippen molar-refractivity contribution in [2.45, 2.75) is 17.7 Å². The molecule has 120 valence electrons. The number of para-hydroxylation sites is 1. The highest BCUT2D eigenvalue weighted by Crippen LogP contribution is 2.21. The first-order chi connectivity index (χ1) is 11.2. The molecule has 0 saturated carbocycles. The molecule has 5 heteroatoms. The lowest BCUT2D eigenvalue weighted by atomic mass is 10.2. The molecule has 0 aliphatic carbocycles. The second kappa shape index (κ2) is 7.53. The molecule has 0 unspecified atom stereocenters. The highest BCUT2D eigenvalue weighted by atomic mass is 32.1. The van der Waals surface area contributed by atoms with Gasteiger partial charge in [-0.1, -0.05) is 24.3 Å². The van der Waals surface area contributed by atoms with Gasteiger partial charge in [-0.25, -0.2) is 0 Å². The van der Waals surface area contributed by atoms with E-state index in [-0.39, 0.29) is 5.91 Å². The molecule has 23 heavy (non-hydrogen) atoms. The summed E-state index contributed by atoms with van der Waals surface area (Å²) in [6, 6.07) is 17.0. The van der Waals surface area contributed by atoms with Crippen LogP contribution in [0.1, 0.15) is 16.8 Å². The first-order valence-electron chi connectivity index (χ1n) is 7.73. The molecule has 1 saturated heterocycles. The highest BCUT2D eigenvalue weighted by Gasteiger charge is 2.21. The molecule has 2 aromatic carbocycles. The van der Waals surface area contributed by atoms with Crippen molar-refractivity contribution >= 4 is 18.5 Å². The maximum absolute atomic E-state index is 12.3. The molecule has 0 bridgehead atoms. The number of thiol groups is 1. The average Bonchev–Trinajstić information content (AvgIpc) is 2.99. The number of carbonyl (C=O) groups excluding carboxylic acids is 1. The predicted molar refractivity (Wildman–Crippen MR) is 94.5 cm³/mol. The third-order valence-electron chi connectivity index (χ3n) is 3.78. The maximum atomic E-state index is 12.3. The van der Waals surface area contributed by atoms with Crippen molar-refractivity contribution in [3.8, 4) is 11.5 Å². The van der Waals surface area contributed by atoms with Crippen LogP contribution in [0.25, 0.3) is 0 Å². The summed E-state index contributed by atoms with van der Waals surface area (Å²) in [5.41, 5.74) is 0.596. The van der Waals surface area contributed by atoms with Gasteiger partial charge in [0.15, 0.2) is 0 Å². The molecule has 1 amide bonds. The number of carbonyl (C=O) groups is 1. The van der Waals surface area contributed by atoms with Gasteiger partial charge in [0.2, 0.25) is 0 Å². The van der Waals surface area contributed by atoms with Crippen molar-refractivity contribution in [2.24, 2.45) is 0 Å². The van der Waals surface area contributed by atoms with Crippen LogP contribution in [0.3, 0.4) is 0 Å². The van der Waals surface area contributed by atoms with Crippen LogP contribution >= 0.6 is 12.6 Å². The van der Waals surface area contributed by atoms with E-state index in [0.717, 1.165) is 18.7 Å². The van der Waals surface area contributed by atoms with Gasteiger partial charge in [0, 0.05) is 29.9 Å². The Morgan fingerprint density at radius 2 is 1.96 bits per heavy atom. The normalized spacial score (nSPS) is 20.2. The zero-order valence-corrected chi connectivity index (χ0v) is 13.6. The number of ether oxygens (including phenoxy) is 1. The third kappa shape index (κ3) is 4.50. The van der Waals surface area contributed by atoms with Crippen LogP contribution in [0.2, 0.25) is 0 Å². The number of rotatable bonds is 5. The Hall–Kier alpha value is -1.98. The molecule has 2 N–H and O–H groups in total. The fourth-order valence-electron chi connectivity index (χ4n) is 2.60. The van der Waals surface area contributed by atoms with E-state index in [0.29, 0.717) is 29.1 Å². The van der Waals surface area contributed by atoms with Crippen molar-refractivity contribution in [1.82, 2.24) is 10.6 Å². The van der Waals surface area contributed by atoms with Gasteiger partial charge in [0.1, 0.15) is 11.5 Å². The summed E-state index contributed by atoms with van der Waals surface area (Å²) in [7, 11) is 0. The highest BCUT2D eigenvalue weighted by molar-refractivity contribution is 7.81. The number of benzene rings is 2. The van der Waals surface area contributed by atoms with E-state index in [2.05, 4.69) is 23.3 Å². The smallest absolute Gasteiger partial charge is 0.251 e. The van der Waals surface area contributed by atoms with Crippen LogP contribution in [0.4, 0.5) is 0 Å². The summed E-state index contributed by atoms with van der Waals surface area (Å²) in [5.74, 6) is 1.31. The van der Waals surface area contributed by atoms with Crippen molar-refractivity contribution in [3.63, 3.8) is 0 Å². The lowest BCUT2D eigenvalue weighted by molar-refractivity contribution is 0.0950. The van der Waals surface area contributed by atoms with Crippen LogP contribution < -0.4 is 15.4 Å². The second-order valence-electron chi connectivity index (χ2n) is 5.65. The van der Waals surface area contributed by atoms with Gasteiger partial charge < -0.3 is 15.4 Å². The predicted octanol–water partition coefficient (Wildman–Crippen LogP) is 2.87. The zero-order chi connectivity index (χ0) is 16.1. The number of hydrogen-bond donors (Lipinski definition) is 3. The Morgan fingerprint density at radius 3 is 2.70 bits per heavy atom. The summed E-state index contributed by atoms with van der Waals surface area (Å²) in [6.45, 7) is 1.50. The molecule has 0 spiro atoms. The van der Waals surface area contributed by atoms with Gasteiger partial charge in [-0.05, 0) is 36.8 Å². The monoisotopic (exact) mass is 328 g/mol. The largest absolute Gasteiger partial charge is 0.457 e. The minimum atomic E-state index is -0.0899. The van der Waals surface area contributed by atoms with Crippen molar-refractivity contribution in [2.75, 3.05) is 13.1 Å². The van der Waals surface area contributed by atoms with E-state index >= 15 is 0 Å². The standard InChI is InChI=1S/C18H20N2O2S/c21-18(20-11-14-10-17(23)12-19-14)13-5-4-8-16(9-13)22-15-6-2-1-3-7-15/h1-9,14,17,19,23H,10-12H2,(H,20,21)/t14-,17-/m0/s1. The van der Waals surface area contributed by atoms with Crippen LogP contribution in [0.15, 0.2) is 54.6 Å². The van der Waals surface area contributed by atoms with E-state index in [4.69, 9.17) is 4.74 Å². The molecule has 1 aliphatic heterocycles. The molecule has 3 rings (SSSR count). The topological polar surface area (TPSA) is 50.4 Å². The second-order valence-corrected chi connectivity index (χ2v) is 6.38. The summed E-state index contributed by atoms with van der Waals surface area (Å²) in [6.07, 6.45) is 0.973. The van der Waals surface area contributed by atoms with Gasteiger partial charge in [0.05, 0.1) is 0 Å². The van der Waals surface area contributed by atoms with Gasteiger partial charge in [0.25, 0.3) is 5.91 Å². The Morgan fingerprint density at radius 1 is 1.17 bits per heavy atom. The fourth-order valence-corrected chi connectivity index (χ4v) is 2.96. The van der Waals surface area contributed by atoms with Crippen LogP contribution in [0, 0.1) is 0 Å². The minimum absolute atomic E-state index is 0.0899. The van der Waals surface area contributed by atoms with Gasteiger partial charge in [-0.3, -0.25) is 4.79 Å². The van der Waals surface area contributed by atoms with Gasteiger partial charge >= 0.3 is 0 Å². The van der Waals surface area contributed by atoms with Gasteiger partial charge in [-0.2, -0.15) is 12.6 Å². The zero-order valence-electron chi connectivity index (χ0n) is 12.7. The van der Waals surface area contributed by atoms with Crippen LogP contribution in [0.5, 0.6) is 11.5 Å². The summed E-state index contributed by atoms with van der Waals surface area (Å²) in [4.78, 5) is 12.3. The summed E-state index contributed by atoms with van der Waals surface area (Å²) in [5, 5.41) is 6.68. The average molecular weight is 328 g/mol. The lowest BCUT2D eigenvalue weighted by Gasteiger charge is -2.12. The fraction of sp³-hybridized carbons (Fsp3) is 0.278. The molecule has 0 radical (unpaired) electrons.